The average Bonchev–Trinajstić information content (AvgIpc) is 2.67. The molecule has 29 heavy (non-hydrogen) atoms. The third-order valence-electron chi connectivity index (χ3n) is 6.15. The number of ether oxygens (including phenoxy) is 2. The van der Waals surface area contributed by atoms with Gasteiger partial charge in [-0.25, -0.2) is 0 Å². The predicted molar refractivity (Wildman–Crippen MR) is 126 cm³/mol. The van der Waals surface area contributed by atoms with Gasteiger partial charge in [0, 0.05) is 13.2 Å². The standard InChI is InChI=1S/C26H54O3/c1-7-8-12-23(4)14-10-15-24(5)16-18-28-21-26(20-27)29-19-17-25(6)13-9-11-22(2)3/h22-27H,7-21H2,1-6H3/t23-,24-,25+,26?/m1/s1. The van der Waals surface area contributed by atoms with Crippen molar-refractivity contribution in [2.45, 2.75) is 118 Å². The van der Waals surface area contributed by atoms with E-state index in [1.165, 1.54) is 57.8 Å². The largest absolute Gasteiger partial charge is 0.394 e. The molecule has 3 heteroatoms. The first-order chi connectivity index (χ1) is 13.9. The fraction of sp³-hybridized carbons (Fsp3) is 1.00. The zero-order valence-electron chi connectivity index (χ0n) is 20.8. The molecular formula is C26H54O3. The van der Waals surface area contributed by atoms with Crippen molar-refractivity contribution in [2.24, 2.45) is 23.7 Å². The molecule has 0 saturated heterocycles. The normalized spacial score (nSPS) is 16.1. The molecule has 0 aromatic heterocycles. The lowest BCUT2D eigenvalue weighted by Gasteiger charge is -2.19. The highest BCUT2D eigenvalue weighted by molar-refractivity contribution is 4.60. The molecule has 0 bridgehead atoms. The van der Waals surface area contributed by atoms with E-state index in [0.717, 1.165) is 37.9 Å². The Balaban J connectivity index is 3.66. The third-order valence-corrected chi connectivity index (χ3v) is 6.15. The minimum atomic E-state index is -0.174. The summed E-state index contributed by atoms with van der Waals surface area (Å²) in [5, 5.41) is 9.53. The van der Waals surface area contributed by atoms with Crippen LogP contribution in [0.25, 0.3) is 0 Å². The molecular weight excluding hydrogens is 360 g/mol. The molecule has 0 rings (SSSR count). The van der Waals surface area contributed by atoms with E-state index in [9.17, 15) is 5.11 Å². The van der Waals surface area contributed by atoms with Crippen LogP contribution in [0.5, 0.6) is 0 Å². The van der Waals surface area contributed by atoms with Crippen LogP contribution < -0.4 is 0 Å². The topological polar surface area (TPSA) is 38.7 Å². The Morgan fingerprint density at radius 1 is 0.655 bits per heavy atom. The van der Waals surface area contributed by atoms with Gasteiger partial charge in [0.1, 0.15) is 6.10 Å². The third kappa shape index (κ3) is 19.6. The number of hydrogen-bond donors (Lipinski definition) is 1. The van der Waals surface area contributed by atoms with Crippen molar-refractivity contribution >= 4 is 0 Å². The summed E-state index contributed by atoms with van der Waals surface area (Å²) < 4.78 is 11.6. The van der Waals surface area contributed by atoms with Crippen LogP contribution in [0.15, 0.2) is 0 Å². The van der Waals surface area contributed by atoms with Crippen LogP contribution >= 0.6 is 0 Å². The van der Waals surface area contributed by atoms with Crippen molar-refractivity contribution < 1.29 is 14.6 Å². The minimum Gasteiger partial charge on any atom is -0.394 e. The van der Waals surface area contributed by atoms with Crippen molar-refractivity contribution in [1.82, 2.24) is 0 Å². The smallest absolute Gasteiger partial charge is 0.104 e. The molecule has 0 aliphatic carbocycles. The van der Waals surface area contributed by atoms with Gasteiger partial charge >= 0.3 is 0 Å². The van der Waals surface area contributed by atoms with Gasteiger partial charge in [-0.05, 0) is 36.5 Å². The van der Waals surface area contributed by atoms with E-state index < -0.39 is 0 Å². The summed E-state index contributed by atoms with van der Waals surface area (Å²) in [7, 11) is 0. The lowest BCUT2D eigenvalue weighted by atomic mass is 9.94. The SMILES string of the molecule is CCCC[C@@H](C)CCC[C@@H](C)CCOCC(CO)OCC[C@@H](C)CCCC(C)C. The van der Waals surface area contributed by atoms with Crippen molar-refractivity contribution in [3.8, 4) is 0 Å². The predicted octanol–water partition coefficient (Wildman–Crippen LogP) is 7.26. The van der Waals surface area contributed by atoms with Gasteiger partial charge in [-0.3, -0.25) is 0 Å². The molecule has 3 nitrogen and oxygen atoms in total. The van der Waals surface area contributed by atoms with Crippen LogP contribution in [0, 0.1) is 23.7 Å². The highest BCUT2D eigenvalue weighted by Gasteiger charge is 2.11. The van der Waals surface area contributed by atoms with Crippen molar-refractivity contribution in [3.63, 3.8) is 0 Å². The first-order valence-corrected chi connectivity index (χ1v) is 12.7. The molecule has 176 valence electrons. The Hall–Kier alpha value is -0.120. The highest BCUT2D eigenvalue weighted by Crippen LogP contribution is 2.19. The van der Waals surface area contributed by atoms with Gasteiger partial charge < -0.3 is 14.6 Å². The fourth-order valence-corrected chi connectivity index (χ4v) is 3.76. The lowest BCUT2D eigenvalue weighted by molar-refractivity contribution is -0.0471. The lowest BCUT2D eigenvalue weighted by Crippen LogP contribution is -2.25. The maximum absolute atomic E-state index is 9.53. The van der Waals surface area contributed by atoms with Gasteiger partial charge in [-0.1, -0.05) is 99.3 Å². The Kier molecular flexibility index (Phi) is 19.7. The van der Waals surface area contributed by atoms with Gasteiger partial charge in [0.25, 0.3) is 0 Å². The number of hydrogen-bond acceptors (Lipinski definition) is 3. The number of unbranched alkanes of at least 4 members (excludes halogenated alkanes) is 1. The second-order valence-corrected chi connectivity index (χ2v) is 10.0. The Morgan fingerprint density at radius 3 is 1.72 bits per heavy atom. The van der Waals surface area contributed by atoms with Crippen LogP contribution in [0.1, 0.15) is 112 Å². The van der Waals surface area contributed by atoms with E-state index in [-0.39, 0.29) is 12.7 Å². The molecule has 0 aliphatic heterocycles. The molecule has 1 N–H and O–H groups in total. The summed E-state index contributed by atoms with van der Waals surface area (Å²) >= 11 is 0. The van der Waals surface area contributed by atoms with E-state index in [4.69, 9.17) is 9.47 Å². The van der Waals surface area contributed by atoms with Crippen molar-refractivity contribution in [1.29, 1.82) is 0 Å². The summed E-state index contributed by atoms with van der Waals surface area (Å²) in [6, 6.07) is 0. The molecule has 0 spiro atoms. The summed E-state index contributed by atoms with van der Waals surface area (Å²) in [5.41, 5.74) is 0. The molecule has 0 saturated carbocycles. The quantitative estimate of drug-likeness (QED) is 0.201. The van der Waals surface area contributed by atoms with E-state index in [1.807, 2.05) is 0 Å². The van der Waals surface area contributed by atoms with Gasteiger partial charge in [0.15, 0.2) is 0 Å². The van der Waals surface area contributed by atoms with Crippen molar-refractivity contribution in [2.75, 3.05) is 26.4 Å². The Labute approximate surface area is 183 Å². The minimum absolute atomic E-state index is 0.0485. The van der Waals surface area contributed by atoms with Crippen LogP contribution in [0.3, 0.4) is 0 Å². The van der Waals surface area contributed by atoms with Crippen LogP contribution in [0.2, 0.25) is 0 Å². The van der Waals surface area contributed by atoms with Gasteiger partial charge in [-0.2, -0.15) is 0 Å². The molecule has 0 radical (unpaired) electrons. The highest BCUT2D eigenvalue weighted by atomic mass is 16.5. The monoisotopic (exact) mass is 414 g/mol. The summed E-state index contributed by atoms with van der Waals surface area (Å²) in [6.45, 7) is 15.9. The molecule has 0 amide bonds. The summed E-state index contributed by atoms with van der Waals surface area (Å²) in [6.07, 6.45) is 14.0. The van der Waals surface area contributed by atoms with Crippen LogP contribution in [0.4, 0.5) is 0 Å². The van der Waals surface area contributed by atoms with E-state index in [1.54, 1.807) is 0 Å². The zero-order valence-corrected chi connectivity index (χ0v) is 20.8. The van der Waals surface area contributed by atoms with Crippen LogP contribution in [-0.2, 0) is 9.47 Å². The molecule has 4 atom stereocenters. The van der Waals surface area contributed by atoms with E-state index in [2.05, 4.69) is 41.5 Å². The van der Waals surface area contributed by atoms with E-state index >= 15 is 0 Å². The zero-order chi connectivity index (χ0) is 21.9. The second kappa shape index (κ2) is 19.8. The Bertz CT molecular complexity index is 332. The summed E-state index contributed by atoms with van der Waals surface area (Å²) in [4.78, 5) is 0. The fourth-order valence-electron chi connectivity index (χ4n) is 3.76. The second-order valence-electron chi connectivity index (χ2n) is 10.0. The van der Waals surface area contributed by atoms with Gasteiger partial charge in [0.2, 0.25) is 0 Å². The first kappa shape index (κ1) is 28.9. The molecule has 0 fully saturated rings. The average molecular weight is 415 g/mol. The molecule has 0 aromatic carbocycles. The van der Waals surface area contributed by atoms with Crippen molar-refractivity contribution in [3.05, 3.63) is 0 Å². The number of aliphatic hydroxyl groups excluding tert-OH is 1. The maximum atomic E-state index is 9.53. The molecule has 1 unspecified atom stereocenters. The number of rotatable bonds is 21. The van der Waals surface area contributed by atoms with E-state index in [0.29, 0.717) is 18.4 Å². The van der Waals surface area contributed by atoms with Crippen LogP contribution in [-0.4, -0.2) is 37.6 Å². The first-order valence-electron chi connectivity index (χ1n) is 12.7. The molecule has 0 heterocycles. The Morgan fingerprint density at radius 2 is 1.17 bits per heavy atom. The van der Waals surface area contributed by atoms with Gasteiger partial charge in [0.05, 0.1) is 13.2 Å². The maximum Gasteiger partial charge on any atom is 0.104 e. The summed E-state index contributed by atoms with van der Waals surface area (Å²) in [5.74, 6) is 3.08. The molecule has 0 aromatic rings. The van der Waals surface area contributed by atoms with Gasteiger partial charge in [-0.15, -0.1) is 0 Å². The number of aliphatic hydroxyl groups is 1. The molecule has 0 aliphatic rings.